The molecular weight excluding hydrogens is 402 g/mol. The Hall–Kier alpha value is -3.19. The van der Waals surface area contributed by atoms with Gasteiger partial charge in [0.1, 0.15) is 5.75 Å². The predicted octanol–water partition coefficient (Wildman–Crippen LogP) is 3.14. The second-order valence-electron chi connectivity index (χ2n) is 8.39. The molecule has 1 aromatic heterocycles. The van der Waals surface area contributed by atoms with Gasteiger partial charge >= 0.3 is 0 Å². The van der Waals surface area contributed by atoms with Gasteiger partial charge in [-0.1, -0.05) is 36.4 Å². The highest BCUT2D eigenvalue weighted by Gasteiger charge is 2.23. The standard InChI is InChI=1S/C25H31N5O2/c1-18(2)29-14-16-30(17-15-29)24-22-7-5-4-6-21(22)23(27-28-24)25(31)26-13-12-19-8-10-20(32-3)11-9-19/h4-11,18H,12-17H2,1-3H3,(H,26,31). The first kappa shape index (κ1) is 22.0. The summed E-state index contributed by atoms with van der Waals surface area (Å²) < 4.78 is 5.19. The first-order valence-electron chi connectivity index (χ1n) is 11.2. The summed E-state index contributed by atoms with van der Waals surface area (Å²) in [5, 5.41) is 13.6. The molecule has 1 fully saturated rings. The molecule has 1 N–H and O–H groups in total. The topological polar surface area (TPSA) is 70.6 Å². The number of aromatic nitrogens is 2. The molecule has 1 amide bonds. The van der Waals surface area contributed by atoms with Gasteiger partial charge in [0.25, 0.3) is 5.91 Å². The van der Waals surface area contributed by atoms with Gasteiger partial charge in [-0.3, -0.25) is 9.69 Å². The summed E-state index contributed by atoms with van der Waals surface area (Å²) in [7, 11) is 1.65. The number of fused-ring (bicyclic) bond motifs is 1. The molecular formula is C25H31N5O2. The molecule has 0 radical (unpaired) electrons. The third kappa shape index (κ3) is 4.83. The number of benzene rings is 2. The maximum Gasteiger partial charge on any atom is 0.272 e. The average molecular weight is 434 g/mol. The number of methoxy groups -OCH3 is 1. The quantitative estimate of drug-likeness (QED) is 0.617. The number of hydrogen-bond acceptors (Lipinski definition) is 6. The SMILES string of the molecule is COc1ccc(CCNC(=O)c2nnc(N3CCN(C(C)C)CC3)c3ccccc23)cc1. The van der Waals surface area contributed by atoms with E-state index in [1.807, 2.05) is 48.5 Å². The first-order valence-corrected chi connectivity index (χ1v) is 11.2. The summed E-state index contributed by atoms with van der Waals surface area (Å²) in [4.78, 5) is 17.6. The zero-order valence-electron chi connectivity index (χ0n) is 19.0. The van der Waals surface area contributed by atoms with Crippen LogP contribution in [-0.4, -0.2) is 66.9 Å². The Morgan fingerprint density at radius 2 is 1.69 bits per heavy atom. The van der Waals surface area contributed by atoms with Crippen LogP contribution in [0, 0.1) is 0 Å². The van der Waals surface area contributed by atoms with Crippen molar-refractivity contribution in [2.45, 2.75) is 26.3 Å². The Morgan fingerprint density at radius 3 is 2.34 bits per heavy atom. The number of nitrogens with zero attached hydrogens (tertiary/aromatic N) is 4. The average Bonchev–Trinajstić information content (AvgIpc) is 2.83. The van der Waals surface area contributed by atoms with Crippen LogP contribution in [0.4, 0.5) is 5.82 Å². The van der Waals surface area contributed by atoms with E-state index in [-0.39, 0.29) is 5.91 Å². The number of rotatable bonds is 7. The summed E-state index contributed by atoms with van der Waals surface area (Å²) in [6.45, 7) is 8.80. The van der Waals surface area contributed by atoms with Crippen molar-refractivity contribution in [2.24, 2.45) is 0 Å². The Balaban J connectivity index is 1.46. The highest BCUT2D eigenvalue weighted by atomic mass is 16.5. The monoisotopic (exact) mass is 433 g/mol. The van der Waals surface area contributed by atoms with Crippen LogP contribution in [0.2, 0.25) is 0 Å². The molecule has 0 bridgehead atoms. The number of hydrogen-bond donors (Lipinski definition) is 1. The van der Waals surface area contributed by atoms with Gasteiger partial charge in [0.05, 0.1) is 7.11 Å². The van der Waals surface area contributed by atoms with Gasteiger partial charge in [0, 0.05) is 49.5 Å². The third-order valence-corrected chi connectivity index (χ3v) is 6.09. The zero-order chi connectivity index (χ0) is 22.5. The van der Waals surface area contributed by atoms with Crippen LogP contribution >= 0.6 is 0 Å². The zero-order valence-corrected chi connectivity index (χ0v) is 19.0. The maximum absolute atomic E-state index is 12.9. The van der Waals surface area contributed by atoms with Gasteiger partial charge in [-0.15, -0.1) is 10.2 Å². The summed E-state index contributed by atoms with van der Waals surface area (Å²) in [6, 6.07) is 16.3. The lowest BCUT2D eigenvalue weighted by Gasteiger charge is -2.37. The van der Waals surface area contributed by atoms with E-state index in [2.05, 4.69) is 39.2 Å². The maximum atomic E-state index is 12.9. The highest BCUT2D eigenvalue weighted by Crippen LogP contribution is 2.27. The van der Waals surface area contributed by atoms with Crippen molar-refractivity contribution in [1.29, 1.82) is 0 Å². The van der Waals surface area contributed by atoms with Gasteiger partial charge < -0.3 is 15.0 Å². The van der Waals surface area contributed by atoms with E-state index in [0.717, 1.165) is 60.5 Å². The molecule has 32 heavy (non-hydrogen) atoms. The lowest BCUT2D eigenvalue weighted by Crippen LogP contribution is -2.49. The number of ether oxygens (including phenoxy) is 1. The van der Waals surface area contributed by atoms with E-state index in [1.165, 1.54) is 0 Å². The van der Waals surface area contributed by atoms with Crippen molar-refractivity contribution in [3.63, 3.8) is 0 Å². The molecule has 0 atom stereocenters. The largest absolute Gasteiger partial charge is 0.497 e. The lowest BCUT2D eigenvalue weighted by molar-refractivity contribution is 0.0950. The molecule has 0 saturated carbocycles. The minimum absolute atomic E-state index is 0.196. The van der Waals surface area contributed by atoms with Crippen molar-refractivity contribution in [3.8, 4) is 5.75 Å². The highest BCUT2D eigenvalue weighted by molar-refractivity contribution is 6.07. The van der Waals surface area contributed by atoms with Crippen LogP contribution in [0.15, 0.2) is 48.5 Å². The Labute approximate surface area is 189 Å². The van der Waals surface area contributed by atoms with Crippen molar-refractivity contribution in [3.05, 3.63) is 59.8 Å². The number of carbonyl (C=O) groups excluding carboxylic acids is 1. The van der Waals surface area contributed by atoms with Crippen molar-refractivity contribution >= 4 is 22.5 Å². The van der Waals surface area contributed by atoms with E-state index < -0.39 is 0 Å². The van der Waals surface area contributed by atoms with Crippen LogP contribution < -0.4 is 15.0 Å². The molecule has 4 rings (SSSR count). The molecule has 1 aliphatic rings. The fourth-order valence-electron chi connectivity index (χ4n) is 4.14. The molecule has 2 aromatic carbocycles. The van der Waals surface area contributed by atoms with E-state index in [4.69, 9.17) is 4.74 Å². The normalized spacial score (nSPS) is 14.7. The number of nitrogens with one attached hydrogen (secondary N) is 1. The van der Waals surface area contributed by atoms with E-state index in [1.54, 1.807) is 7.11 Å². The molecule has 7 nitrogen and oxygen atoms in total. The Kier molecular flexibility index (Phi) is 6.85. The van der Waals surface area contributed by atoms with E-state index >= 15 is 0 Å². The van der Waals surface area contributed by atoms with Crippen molar-refractivity contribution in [1.82, 2.24) is 20.4 Å². The number of anilines is 1. The van der Waals surface area contributed by atoms with E-state index in [0.29, 0.717) is 18.3 Å². The van der Waals surface area contributed by atoms with Gasteiger partial charge in [-0.25, -0.2) is 0 Å². The Bertz CT molecular complexity index is 1060. The molecule has 2 heterocycles. The van der Waals surface area contributed by atoms with Crippen LogP contribution in [0.25, 0.3) is 10.8 Å². The van der Waals surface area contributed by atoms with Crippen LogP contribution in [0.3, 0.4) is 0 Å². The lowest BCUT2D eigenvalue weighted by atomic mass is 10.1. The summed E-state index contributed by atoms with van der Waals surface area (Å²) in [5.74, 6) is 1.49. The molecule has 0 aliphatic carbocycles. The van der Waals surface area contributed by atoms with Gasteiger partial charge in [0.15, 0.2) is 11.5 Å². The second kappa shape index (κ2) is 9.96. The van der Waals surface area contributed by atoms with Crippen LogP contribution in [0.1, 0.15) is 29.9 Å². The third-order valence-electron chi connectivity index (χ3n) is 6.09. The summed E-state index contributed by atoms with van der Waals surface area (Å²) in [5.41, 5.74) is 1.51. The van der Waals surface area contributed by atoms with Crippen molar-refractivity contribution in [2.75, 3.05) is 44.7 Å². The fourth-order valence-corrected chi connectivity index (χ4v) is 4.14. The summed E-state index contributed by atoms with van der Waals surface area (Å²) in [6.07, 6.45) is 0.735. The van der Waals surface area contributed by atoms with Gasteiger partial charge in [-0.2, -0.15) is 0 Å². The molecule has 1 aliphatic heterocycles. The summed E-state index contributed by atoms with van der Waals surface area (Å²) >= 11 is 0. The number of carbonyl (C=O) groups is 1. The number of piperazine rings is 1. The predicted molar refractivity (Wildman–Crippen MR) is 127 cm³/mol. The fraction of sp³-hybridized carbons (Fsp3) is 0.400. The molecule has 3 aromatic rings. The number of amides is 1. The molecule has 7 heteroatoms. The van der Waals surface area contributed by atoms with Crippen molar-refractivity contribution < 1.29 is 9.53 Å². The molecule has 0 unspecified atom stereocenters. The minimum atomic E-state index is -0.196. The Morgan fingerprint density at radius 1 is 1.00 bits per heavy atom. The molecule has 1 saturated heterocycles. The smallest absolute Gasteiger partial charge is 0.272 e. The second-order valence-corrected chi connectivity index (χ2v) is 8.39. The first-order chi connectivity index (χ1) is 15.6. The minimum Gasteiger partial charge on any atom is -0.497 e. The van der Waals surface area contributed by atoms with Crippen LogP contribution in [-0.2, 0) is 6.42 Å². The van der Waals surface area contributed by atoms with Gasteiger partial charge in [-0.05, 0) is 38.0 Å². The van der Waals surface area contributed by atoms with Crippen LogP contribution in [0.5, 0.6) is 5.75 Å². The molecule has 168 valence electrons. The van der Waals surface area contributed by atoms with E-state index in [9.17, 15) is 4.79 Å². The van der Waals surface area contributed by atoms with Gasteiger partial charge in [0.2, 0.25) is 0 Å². The molecule has 0 spiro atoms.